The zero-order chi connectivity index (χ0) is 25.3. The van der Waals surface area contributed by atoms with Gasteiger partial charge in [-0.1, -0.05) is 66.2 Å². The van der Waals surface area contributed by atoms with Crippen molar-refractivity contribution in [2.24, 2.45) is 0 Å². The number of halogens is 1. The Morgan fingerprint density at radius 2 is 1.44 bits per heavy atom. The summed E-state index contributed by atoms with van der Waals surface area (Å²) in [5.41, 5.74) is 4.10. The van der Waals surface area contributed by atoms with Gasteiger partial charge in [0.1, 0.15) is 5.82 Å². The molecule has 5 rings (SSSR count). The minimum atomic E-state index is -3.96. The second kappa shape index (κ2) is 9.55. The fourth-order valence-electron chi connectivity index (χ4n) is 4.52. The van der Waals surface area contributed by atoms with Crippen molar-refractivity contribution >= 4 is 26.7 Å². The molecule has 5 aromatic rings. The summed E-state index contributed by atoms with van der Waals surface area (Å²) in [6.45, 7) is 1.90. The van der Waals surface area contributed by atoms with E-state index < -0.39 is 15.8 Å². The van der Waals surface area contributed by atoms with E-state index in [1.54, 1.807) is 30.3 Å². The van der Waals surface area contributed by atoms with Gasteiger partial charge in [0.05, 0.1) is 10.4 Å². The maximum absolute atomic E-state index is 14.0. The van der Waals surface area contributed by atoms with E-state index in [0.29, 0.717) is 16.8 Å². The average Bonchev–Trinajstić information content (AvgIpc) is 3.23. The van der Waals surface area contributed by atoms with Crippen molar-refractivity contribution < 1.29 is 17.6 Å². The summed E-state index contributed by atoms with van der Waals surface area (Å²) < 4.78 is 42.8. The average molecular weight is 498 g/mol. The van der Waals surface area contributed by atoms with Gasteiger partial charge in [-0.15, -0.1) is 0 Å². The molecule has 0 radical (unpaired) electrons. The first kappa shape index (κ1) is 23.7. The number of carbonyl (C=O) groups is 1. The zero-order valence-electron chi connectivity index (χ0n) is 19.7. The van der Waals surface area contributed by atoms with Gasteiger partial charge in [0.15, 0.2) is 5.78 Å². The Labute approximate surface area is 209 Å². The Morgan fingerprint density at radius 1 is 0.806 bits per heavy atom. The molecule has 1 heterocycles. The highest BCUT2D eigenvalue weighted by Gasteiger charge is 2.27. The molecule has 0 atom stereocenters. The van der Waals surface area contributed by atoms with Crippen LogP contribution >= 0.6 is 0 Å². The van der Waals surface area contributed by atoms with Gasteiger partial charge in [0.2, 0.25) is 0 Å². The minimum Gasteiger partial charge on any atom is -0.294 e. The van der Waals surface area contributed by atoms with Gasteiger partial charge in [-0.3, -0.25) is 4.79 Å². The second-order valence-electron chi connectivity index (χ2n) is 8.72. The van der Waals surface area contributed by atoms with E-state index in [1.807, 2.05) is 55.5 Å². The van der Waals surface area contributed by atoms with Crippen molar-refractivity contribution in [2.75, 3.05) is 0 Å². The molecule has 4 nitrogen and oxygen atoms in total. The Morgan fingerprint density at radius 3 is 2.14 bits per heavy atom. The summed E-state index contributed by atoms with van der Waals surface area (Å²) in [5, 5.41) is 0.795. The summed E-state index contributed by atoms with van der Waals surface area (Å²) in [7, 11) is -3.96. The van der Waals surface area contributed by atoms with Gasteiger partial charge >= 0.3 is 0 Å². The molecule has 0 bridgehead atoms. The van der Waals surface area contributed by atoms with Gasteiger partial charge in [0.25, 0.3) is 10.0 Å². The molecule has 1 aromatic heterocycles. The van der Waals surface area contributed by atoms with Crippen LogP contribution in [-0.4, -0.2) is 18.2 Å². The fraction of sp³-hybridized carbons (Fsp3) is 0.100. The van der Waals surface area contributed by atoms with Crippen LogP contribution in [0.2, 0.25) is 0 Å². The summed E-state index contributed by atoms with van der Waals surface area (Å²) in [6.07, 6.45) is 0.269. The van der Waals surface area contributed by atoms with E-state index in [-0.39, 0.29) is 23.5 Å². The minimum absolute atomic E-state index is 0.0746. The lowest BCUT2D eigenvalue weighted by molar-refractivity contribution is 0.0982. The Hall–Kier alpha value is -4.03. The number of ketones is 1. The largest absolute Gasteiger partial charge is 0.294 e. The van der Waals surface area contributed by atoms with E-state index in [0.717, 1.165) is 22.1 Å². The lowest BCUT2D eigenvalue weighted by Crippen LogP contribution is -2.17. The molecule has 0 saturated heterocycles. The van der Waals surface area contributed by atoms with Crippen LogP contribution in [0.4, 0.5) is 4.39 Å². The third-order valence-corrected chi connectivity index (χ3v) is 8.07. The van der Waals surface area contributed by atoms with Gasteiger partial charge in [0, 0.05) is 28.6 Å². The molecule has 36 heavy (non-hydrogen) atoms. The van der Waals surface area contributed by atoms with E-state index in [9.17, 15) is 17.6 Å². The van der Waals surface area contributed by atoms with Crippen molar-refractivity contribution in [2.45, 2.75) is 24.7 Å². The highest BCUT2D eigenvalue weighted by Crippen LogP contribution is 2.38. The van der Waals surface area contributed by atoms with Gasteiger partial charge in [-0.25, -0.2) is 16.8 Å². The van der Waals surface area contributed by atoms with Crippen LogP contribution in [0.15, 0.2) is 108 Å². The van der Waals surface area contributed by atoms with Crippen molar-refractivity contribution in [1.29, 1.82) is 0 Å². The van der Waals surface area contributed by atoms with Crippen LogP contribution in [0.3, 0.4) is 0 Å². The predicted octanol–water partition coefficient (Wildman–Crippen LogP) is 6.81. The number of rotatable bonds is 7. The number of hydrogen-bond donors (Lipinski definition) is 0. The molecule has 180 valence electrons. The molecule has 0 spiro atoms. The Bertz CT molecular complexity index is 1650. The normalized spacial score (nSPS) is 11.6. The first-order chi connectivity index (χ1) is 17.4. The van der Waals surface area contributed by atoms with E-state index in [4.69, 9.17) is 0 Å². The summed E-state index contributed by atoms with van der Waals surface area (Å²) in [4.78, 5) is 13.2. The number of carbonyl (C=O) groups excluding carboxylic acids is 1. The van der Waals surface area contributed by atoms with Crippen LogP contribution in [0.1, 0.15) is 28.0 Å². The number of hydrogen-bond acceptors (Lipinski definition) is 3. The molecule has 0 N–H and O–H groups in total. The van der Waals surface area contributed by atoms with E-state index in [2.05, 4.69) is 0 Å². The smallest absolute Gasteiger partial charge is 0.268 e. The fourth-order valence-corrected chi connectivity index (χ4v) is 6.10. The zero-order valence-corrected chi connectivity index (χ0v) is 20.5. The van der Waals surface area contributed by atoms with E-state index >= 15 is 0 Å². The molecular formula is C30H24FNO3S. The van der Waals surface area contributed by atoms with Crippen molar-refractivity contribution in [1.82, 2.24) is 3.97 Å². The number of para-hydroxylation sites is 1. The molecule has 0 aliphatic heterocycles. The highest BCUT2D eigenvalue weighted by molar-refractivity contribution is 7.90. The number of aryl methyl sites for hydroxylation is 1. The maximum Gasteiger partial charge on any atom is 0.268 e. The number of benzene rings is 4. The third kappa shape index (κ3) is 4.36. The summed E-state index contributed by atoms with van der Waals surface area (Å²) >= 11 is 0. The number of fused-ring (bicyclic) bond motifs is 1. The van der Waals surface area contributed by atoms with Crippen LogP contribution in [-0.2, 0) is 16.4 Å². The van der Waals surface area contributed by atoms with Gasteiger partial charge < -0.3 is 0 Å². The van der Waals surface area contributed by atoms with Gasteiger partial charge in [-0.2, -0.15) is 0 Å². The van der Waals surface area contributed by atoms with Crippen LogP contribution in [0.5, 0.6) is 0 Å². The monoisotopic (exact) mass is 497 g/mol. The summed E-state index contributed by atoms with van der Waals surface area (Å²) in [5.74, 6) is -0.596. The molecule has 0 aliphatic carbocycles. The molecule has 0 unspecified atom stereocenters. The number of nitrogens with zero attached hydrogens (tertiary/aromatic N) is 1. The first-order valence-electron chi connectivity index (χ1n) is 11.6. The standard InChI is InChI=1S/C30H24FNO3S/c1-21-11-17-25(18-12-21)36(34,35)32-27-10-6-5-9-26(27)30(23-7-3-2-4-8-23)28(32)19-20-29(33)22-13-15-24(31)16-14-22/h2-18H,19-20H2,1H3. The van der Waals surface area contributed by atoms with E-state index in [1.165, 1.54) is 28.2 Å². The predicted molar refractivity (Wildman–Crippen MR) is 140 cm³/mol. The van der Waals surface area contributed by atoms with Crippen molar-refractivity contribution in [3.05, 3.63) is 126 Å². The van der Waals surface area contributed by atoms with Crippen LogP contribution < -0.4 is 0 Å². The molecule has 4 aromatic carbocycles. The van der Waals surface area contributed by atoms with Crippen LogP contribution in [0, 0.1) is 12.7 Å². The highest BCUT2D eigenvalue weighted by atomic mass is 32.2. The lowest BCUT2D eigenvalue weighted by atomic mass is 9.98. The number of aromatic nitrogens is 1. The molecule has 0 saturated carbocycles. The first-order valence-corrected chi connectivity index (χ1v) is 13.1. The Kier molecular flexibility index (Phi) is 6.29. The van der Waals surface area contributed by atoms with Crippen molar-refractivity contribution in [3.8, 4) is 11.1 Å². The molecule has 0 fully saturated rings. The topological polar surface area (TPSA) is 56.1 Å². The van der Waals surface area contributed by atoms with Crippen molar-refractivity contribution in [3.63, 3.8) is 0 Å². The summed E-state index contributed by atoms with van der Waals surface area (Å²) in [6, 6.07) is 29.2. The van der Waals surface area contributed by atoms with Gasteiger partial charge in [-0.05, 0) is 61.4 Å². The SMILES string of the molecule is Cc1ccc(S(=O)(=O)n2c(CCC(=O)c3ccc(F)cc3)c(-c3ccccc3)c3ccccc32)cc1. The second-order valence-corrected chi connectivity index (χ2v) is 10.5. The lowest BCUT2D eigenvalue weighted by Gasteiger charge is -2.14. The molecule has 0 aliphatic rings. The Balaban J connectivity index is 1.70. The molecular weight excluding hydrogens is 473 g/mol. The molecule has 6 heteroatoms. The number of Topliss-reactive ketones (excluding diaryl/α,β-unsaturated/α-hetero) is 1. The third-order valence-electron chi connectivity index (χ3n) is 6.30. The van der Waals surface area contributed by atoms with Crippen LogP contribution in [0.25, 0.3) is 22.0 Å². The molecule has 0 amide bonds. The maximum atomic E-state index is 14.0. The quantitative estimate of drug-likeness (QED) is 0.232.